The smallest absolute Gasteiger partial charge is 0.267 e. The largest absolute Gasteiger partial charge is 0.461 e. The summed E-state index contributed by atoms with van der Waals surface area (Å²) in [5.41, 5.74) is 4.97. The summed E-state index contributed by atoms with van der Waals surface area (Å²) in [5, 5.41) is 19.8. The number of anilines is 1. The second-order valence-electron chi connectivity index (χ2n) is 8.94. The van der Waals surface area contributed by atoms with Crippen molar-refractivity contribution in [3.8, 4) is 23.1 Å². The number of aromatic nitrogens is 3. The Morgan fingerprint density at radius 1 is 1.11 bits per heavy atom. The fourth-order valence-corrected chi connectivity index (χ4v) is 4.33. The van der Waals surface area contributed by atoms with Gasteiger partial charge in [0.1, 0.15) is 5.69 Å². The molecule has 3 heterocycles. The maximum atomic E-state index is 13.3. The lowest BCUT2D eigenvalue weighted by Crippen LogP contribution is -2.47. The normalized spacial score (nSPS) is 16.2. The molecule has 0 aliphatic carbocycles. The minimum atomic E-state index is -0.801. The highest BCUT2D eigenvalue weighted by molar-refractivity contribution is 5.98. The molecule has 2 aromatic carbocycles. The van der Waals surface area contributed by atoms with Crippen LogP contribution in [0.3, 0.4) is 0 Å². The maximum absolute atomic E-state index is 13.3. The molecule has 2 N–H and O–H groups in total. The number of nitriles is 1. The number of carbonyl (C=O) groups excluding carboxylic acids is 1. The van der Waals surface area contributed by atoms with Crippen LogP contribution in [0.4, 0.5) is 5.69 Å². The molecule has 1 aliphatic heterocycles. The summed E-state index contributed by atoms with van der Waals surface area (Å²) in [4.78, 5) is 17.8. The molecule has 0 spiro atoms. The van der Waals surface area contributed by atoms with Crippen LogP contribution >= 0.6 is 0 Å². The van der Waals surface area contributed by atoms with Crippen molar-refractivity contribution in [1.29, 1.82) is 5.26 Å². The van der Waals surface area contributed by atoms with Crippen LogP contribution in [0.15, 0.2) is 79.3 Å². The molecule has 0 saturated heterocycles. The second kappa shape index (κ2) is 10.0. The number of nitrogens with zero attached hydrogens (tertiary/aromatic N) is 4. The van der Waals surface area contributed by atoms with Crippen LogP contribution in [-0.2, 0) is 11.8 Å². The first-order valence-corrected chi connectivity index (χ1v) is 11.8. The lowest BCUT2D eigenvalue weighted by atomic mass is 9.96. The summed E-state index contributed by atoms with van der Waals surface area (Å²) in [6.45, 7) is 2.72. The van der Waals surface area contributed by atoms with Crippen LogP contribution in [0.25, 0.3) is 11.1 Å². The average Bonchev–Trinajstić information content (AvgIpc) is 3.35. The number of fused-ring (bicyclic) bond motifs is 1. The second-order valence-corrected chi connectivity index (χ2v) is 8.94. The highest BCUT2D eigenvalue weighted by atomic mass is 16.5. The van der Waals surface area contributed by atoms with E-state index in [-0.39, 0.29) is 17.9 Å². The molecule has 0 fully saturated rings. The number of hydrogen-bond acceptors (Lipinski definition) is 6. The van der Waals surface area contributed by atoms with E-state index in [4.69, 9.17) is 10.00 Å². The van der Waals surface area contributed by atoms with Gasteiger partial charge in [0.05, 0.1) is 23.9 Å². The average molecular weight is 479 g/mol. The molecule has 0 saturated carbocycles. The van der Waals surface area contributed by atoms with Crippen LogP contribution in [0.5, 0.6) is 5.88 Å². The molecule has 1 amide bonds. The first-order chi connectivity index (χ1) is 17.5. The monoisotopic (exact) mass is 478 g/mol. The predicted octanol–water partition coefficient (Wildman–Crippen LogP) is 4.19. The van der Waals surface area contributed by atoms with Crippen molar-refractivity contribution < 1.29 is 9.53 Å². The van der Waals surface area contributed by atoms with Crippen LogP contribution in [0.2, 0.25) is 0 Å². The highest BCUT2D eigenvalue weighted by Crippen LogP contribution is 2.34. The van der Waals surface area contributed by atoms with Crippen molar-refractivity contribution in [3.05, 3.63) is 95.9 Å². The molecule has 8 heteroatoms. The first-order valence-electron chi connectivity index (χ1n) is 11.8. The van der Waals surface area contributed by atoms with E-state index < -0.39 is 6.10 Å². The van der Waals surface area contributed by atoms with E-state index in [1.165, 1.54) is 0 Å². The van der Waals surface area contributed by atoms with Gasteiger partial charge < -0.3 is 15.4 Å². The van der Waals surface area contributed by atoms with Crippen LogP contribution in [0.1, 0.15) is 35.6 Å². The maximum Gasteiger partial charge on any atom is 0.267 e. The van der Waals surface area contributed by atoms with E-state index in [0.717, 1.165) is 22.3 Å². The number of pyridine rings is 1. The van der Waals surface area contributed by atoms with Gasteiger partial charge in [-0.05, 0) is 35.2 Å². The number of carbonyl (C=O) groups is 1. The Balaban J connectivity index is 1.37. The van der Waals surface area contributed by atoms with Crippen molar-refractivity contribution in [2.24, 2.45) is 7.05 Å². The van der Waals surface area contributed by atoms with Gasteiger partial charge in [-0.25, -0.2) is 4.98 Å². The Morgan fingerprint density at radius 3 is 2.58 bits per heavy atom. The first kappa shape index (κ1) is 23.3. The van der Waals surface area contributed by atoms with Crippen LogP contribution in [0, 0.1) is 11.3 Å². The SMILES string of the molecule is C[C@H](CN[C@H](c1ccccc1)[C@H]1Oc2ncc(-c3cnn(C)c3)cc2NC1=O)c1ccc(C#N)cc1. The van der Waals surface area contributed by atoms with Crippen molar-refractivity contribution in [1.82, 2.24) is 20.1 Å². The summed E-state index contributed by atoms with van der Waals surface area (Å²) in [5.74, 6) is 0.304. The molecule has 180 valence electrons. The third-order valence-electron chi connectivity index (χ3n) is 6.36. The number of ether oxygens (including phenoxy) is 1. The molecular formula is C28H26N6O2. The van der Waals surface area contributed by atoms with E-state index >= 15 is 0 Å². The molecule has 0 radical (unpaired) electrons. The predicted molar refractivity (Wildman–Crippen MR) is 136 cm³/mol. The molecule has 0 bridgehead atoms. The van der Waals surface area contributed by atoms with Gasteiger partial charge in [-0.1, -0.05) is 49.4 Å². The third kappa shape index (κ3) is 4.83. The molecule has 36 heavy (non-hydrogen) atoms. The van der Waals surface area contributed by atoms with E-state index in [2.05, 4.69) is 33.7 Å². The number of amides is 1. The van der Waals surface area contributed by atoms with Gasteiger partial charge in [0, 0.05) is 37.1 Å². The van der Waals surface area contributed by atoms with E-state index in [9.17, 15) is 4.79 Å². The fourth-order valence-electron chi connectivity index (χ4n) is 4.33. The van der Waals surface area contributed by atoms with E-state index in [1.54, 1.807) is 17.1 Å². The van der Waals surface area contributed by atoms with Crippen molar-refractivity contribution in [3.63, 3.8) is 0 Å². The van der Waals surface area contributed by atoms with Gasteiger partial charge in [0.15, 0.2) is 6.10 Å². The molecule has 8 nitrogen and oxygen atoms in total. The molecule has 2 aromatic heterocycles. The zero-order chi connectivity index (χ0) is 25.1. The lowest BCUT2D eigenvalue weighted by molar-refractivity contribution is -0.125. The number of rotatable bonds is 7. The Bertz CT molecular complexity index is 1410. The number of hydrogen-bond donors (Lipinski definition) is 2. The third-order valence-corrected chi connectivity index (χ3v) is 6.36. The van der Waals surface area contributed by atoms with Crippen molar-refractivity contribution in [2.45, 2.75) is 25.0 Å². The minimum absolute atomic E-state index is 0.156. The summed E-state index contributed by atoms with van der Waals surface area (Å²) in [6.07, 6.45) is 4.57. The summed E-state index contributed by atoms with van der Waals surface area (Å²) < 4.78 is 7.90. The Morgan fingerprint density at radius 2 is 1.89 bits per heavy atom. The van der Waals surface area contributed by atoms with Gasteiger partial charge in [-0.15, -0.1) is 0 Å². The van der Waals surface area contributed by atoms with Crippen LogP contribution in [-0.4, -0.2) is 33.3 Å². The van der Waals surface area contributed by atoms with Crippen LogP contribution < -0.4 is 15.4 Å². The van der Waals surface area contributed by atoms with Crippen molar-refractivity contribution >= 4 is 11.6 Å². The van der Waals surface area contributed by atoms with Gasteiger partial charge >= 0.3 is 0 Å². The number of nitrogens with one attached hydrogen (secondary N) is 2. The molecule has 3 atom stereocenters. The zero-order valence-electron chi connectivity index (χ0n) is 20.1. The van der Waals surface area contributed by atoms with E-state index in [1.807, 2.05) is 73.9 Å². The topological polar surface area (TPSA) is 105 Å². The summed E-state index contributed by atoms with van der Waals surface area (Å²) >= 11 is 0. The fraction of sp³-hybridized carbons (Fsp3) is 0.214. The molecule has 5 rings (SSSR count). The van der Waals surface area contributed by atoms with Gasteiger partial charge in [0.25, 0.3) is 5.91 Å². The van der Waals surface area contributed by atoms with Gasteiger partial charge in [0.2, 0.25) is 5.88 Å². The summed E-state index contributed by atoms with van der Waals surface area (Å²) in [7, 11) is 1.85. The Labute approximate surface area is 209 Å². The molecule has 4 aromatic rings. The lowest BCUT2D eigenvalue weighted by Gasteiger charge is -2.32. The van der Waals surface area contributed by atoms with Gasteiger partial charge in [-0.2, -0.15) is 10.4 Å². The Kier molecular flexibility index (Phi) is 6.48. The quantitative estimate of drug-likeness (QED) is 0.413. The zero-order valence-corrected chi connectivity index (χ0v) is 20.1. The van der Waals surface area contributed by atoms with Gasteiger partial charge in [-0.3, -0.25) is 9.48 Å². The summed E-state index contributed by atoms with van der Waals surface area (Å²) in [6, 6.07) is 21.0. The number of aryl methyl sites for hydroxylation is 1. The molecule has 1 aliphatic rings. The highest BCUT2D eigenvalue weighted by Gasteiger charge is 2.36. The molecular weight excluding hydrogens is 452 g/mol. The minimum Gasteiger partial charge on any atom is -0.461 e. The van der Waals surface area contributed by atoms with Crippen molar-refractivity contribution in [2.75, 3.05) is 11.9 Å². The molecule has 0 unspecified atom stereocenters. The Hall–Kier alpha value is -4.48. The van der Waals surface area contributed by atoms with E-state index in [0.29, 0.717) is 23.7 Å². The standard InChI is InChI=1S/C28H26N6O2/c1-18(20-10-8-19(13-29)9-11-20)14-30-25(21-6-4-3-5-7-21)26-27(35)33-24-12-22(15-31-28(24)36-26)23-16-32-34(2)17-23/h3-12,15-18,25-26,30H,14H2,1-2H3,(H,33,35)/t18-,25-,26-/m1/s1. The number of benzene rings is 2.